The van der Waals surface area contributed by atoms with E-state index in [-0.39, 0.29) is 17.7 Å². The van der Waals surface area contributed by atoms with Crippen molar-refractivity contribution in [3.05, 3.63) is 23.4 Å². The van der Waals surface area contributed by atoms with E-state index in [1.165, 1.54) is 23.9 Å². The molecule has 1 fully saturated rings. The number of alkyl halides is 2. The Hall–Kier alpha value is -1.94. The lowest BCUT2D eigenvalue weighted by atomic mass is 10.0. The average molecular weight is 333 g/mol. The van der Waals surface area contributed by atoms with Crippen molar-refractivity contribution >= 4 is 29.9 Å². The van der Waals surface area contributed by atoms with Crippen LogP contribution < -0.4 is 5.73 Å². The molecule has 2 aliphatic rings. The zero-order valence-corrected chi connectivity index (χ0v) is 12.0. The maximum absolute atomic E-state index is 11.8. The van der Waals surface area contributed by atoms with E-state index in [1.807, 2.05) is 0 Å². The molecular formula is C12H13F2N3O4S. The standard InChI is InChI=1S/C12H13F2N3O4S/c13-7(14)4-16-21-3-1-2-6-5-22-11-8(15)10(18)17(11)9(6)12(19)20/h1-2,4,7-8,11H,3,5,15H2,(H,19,20)/b2-1-,16-4?/t8-,11-/m1/s1. The Kier molecular flexibility index (Phi) is 5.14. The first kappa shape index (κ1) is 16.4. The Morgan fingerprint density at radius 2 is 2.36 bits per heavy atom. The topological polar surface area (TPSA) is 105 Å². The molecule has 0 aliphatic carbocycles. The number of halogens is 2. The van der Waals surface area contributed by atoms with Gasteiger partial charge in [0.2, 0.25) is 5.91 Å². The van der Waals surface area contributed by atoms with Crippen LogP contribution in [0.5, 0.6) is 0 Å². The zero-order valence-electron chi connectivity index (χ0n) is 11.2. The van der Waals surface area contributed by atoms with Crippen LogP contribution in [0.25, 0.3) is 0 Å². The van der Waals surface area contributed by atoms with E-state index < -0.39 is 24.3 Å². The summed E-state index contributed by atoms with van der Waals surface area (Å²) in [5.41, 5.74) is 5.94. The number of hydrogen-bond acceptors (Lipinski definition) is 6. The molecule has 7 nitrogen and oxygen atoms in total. The van der Waals surface area contributed by atoms with Crippen LogP contribution >= 0.6 is 11.8 Å². The van der Waals surface area contributed by atoms with Gasteiger partial charge in [0.15, 0.2) is 0 Å². The van der Waals surface area contributed by atoms with Gasteiger partial charge in [0.1, 0.15) is 29.9 Å². The number of carbonyl (C=O) groups is 2. The highest BCUT2D eigenvalue weighted by atomic mass is 32.2. The van der Waals surface area contributed by atoms with Crippen LogP contribution in [-0.4, -0.2) is 58.3 Å². The van der Waals surface area contributed by atoms with Crippen molar-refractivity contribution in [1.82, 2.24) is 4.90 Å². The number of nitrogens with zero attached hydrogens (tertiary/aromatic N) is 2. The van der Waals surface area contributed by atoms with Gasteiger partial charge < -0.3 is 15.7 Å². The molecule has 0 aromatic rings. The van der Waals surface area contributed by atoms with E-state index in [0.717, 1.165) is 4.90 Å². The number of nitrogens with two attached hydrogens (primary N) is 1. The third-order valence-electron chi connectivity index (χ3n) is 2.98. The second-order valence-corrected chi connectivity index (χ2v) is 5.51. The largest absolute Gasteiger partial charge is 0.477 e. The van der Waals surface area contributed by atoms with Crippen molar-refractivity contribution in [2.45, 2.75) is 17.8 Å². The lowest BCUT2D eigenvalue weighted by Gasteiger charge is -2.47. The third-order valence-corrected chi connectivity index (χ3v) is 4.30. The highest BCUT2D eigenvalue weighted by Gasteiger charge is 2.51. The van der Waals surface area contributed by atoms with Crippen LogP contribution in [0.4, 0.5) is 8.78 Å². The monoisotopic (exact) mass is 333 g/mol. The quantitative estimate of drug-likeness (QED) is 0.315. The number of carbonyl (C=O) groups excluding carboxylic acids is 1. The van der Waals surface area contributed by atoms with Crippen LogP contribution in [0, 0.1) is 0 Å². The third kappa shape index (κ3) is 3.28. The maximum atomic E-state index is 11.8. The fourth-order valence-electron chi connectivity index (χ4n) is 2.03. The van der Waals surface area contributed by atoms with Crippen LogP contribution in [0.3, 0.4) is 0 Å². The van der Waals surface area contributed by atoms with Gasteiger partial charge in [-0.25, -0.2) is 13.6 Å². The number of carboxylic acids is 1. The molecule has 10 heteroatoms. The lowest BCUT2D eigenvalue weighted by Crippen LogP contribution is -2.68. The fraction of sp³-hybridized carbons (Fsp3) is 0.417. The molecule has 0 aromatic heterocycles. The Morgan fingerprint density at radius 3 is 3.00 bits per heavy atom. The normalized spacial score (nSPS) is 25.1. The van der Waals surface area contributed by atoms with Gasteiger partial charge in [-0.15, -0.1) is 11.8 Å². The van der Waals surface area contributed by atoms with E-state index in [1.54, 1.807) is 0 Å². The molecule has 2 heterocycles. The molecule has 22 heavy (non-hydrogen) atoms. The van der Waals surface area contributed by atoms with Crippen molar-refractivity contribution < 1.29 is 28.3 Å². The Morgan fingerprint density at radius 1 is 1.64 bits per heavy atom. The van der Waals surface area contributed by atoms with Crippen LogP contribution in [0.2, 0.25) is 0 Å². The molecule has 1 saturated heterocycles. The number of hydrogen-bond donors (Lipinski definition) is 2. The summed E-state index contributed by atoms with van der Waals surface area (Å²) < 4.78 is 23.5. The molecule has 120 valence electrons. The van der Waals surface area contributed by atoms with Crippen molar-refractivity contribution in [2.24, 2.45) is 10.9 Å². The highest BCUT2D eigenvalue weighted by molar-refractivity contribution is 8.00. The van der Waals surface area contributed by atoms with E-state index in [0.29, 0.717) is 17.5 Å². The Balaban J connectivity index is 2.04. The van der Waals surface area contributed by atoms with Gasteiger partial charge in [0.05, 0.1) is 0 Å². The number of carboxylic acid groups (broad SMARTS) is 1. The number of thioether (sulfide) groups is 1. The summed E-state index contributed by atoms with van der Waals surface area (Å²) in [4.78, 5) is 28.7. The number of rotatable bonds is 6. The van der Waals surface area contributed by atoms with Gasteiger partial charge in [0.25, 0.3) is 6.43 Å². The van der Waals surface area contributed by atoms with E-state index in [9.17, 15) is 23.5 Å². The van der Waals surface area contributed by atoms with Crippen LogP contribution in [-0.2, 0) is 14.4 Å². The second-order valence-electron chi connectivity index (χ2n) is 4.40. The van der Waals surface area contributed by atoms with E-state index in [4.69, 9.17) is 5.73 Å². The number of amides is 1. The summed E-state index contributed by atoms with van der Waals surface area (Å²) in [7, 11) is 0. The van der Waals surface area contributed by atoms with Crippen molar-refractivity contribution in [2.75, 3.05) is 12.4 Å². The molecule has 1 amide bonds. The molecule has 0 saturated carbocycles. The van der Waals surface area contributed by atoms with Gasteiger partial charge >= 0.3 is 5.97 Å². The van der Waals surface area contributed by atoms with Crippen molar-refractivity contribution in [1.29, 1.82) is 0 Å². The van der Waals surface area contributed by atoms with Gasteiger partial charge in [-0.05, 0) is 11.6 Å². The second kappa shape index (κ2) is 6.88. The number of β-lactam (4-membered cyclic amide) rings is 1. The summed E-state index contributed by atoms with van der Waals surface area (Å²) in [6, 6.07) is -0.683. The smallest absolute Gasteiger partial charge is 0.352 e. The minimum atomic E-state index is -2.70. The van der Waals surface area contributed by atoms with Crippen LogP contribution in [0.15, 0.2) is 28.6 Å². The minimum absolute atomic E-state index is 0.0961. The van der Waals surface area contributed by atoms with Crippen LogP contribution in [0.1, 0.15) is 0 Å². The average Bonchev–Trinajstić information content (AvgIpc) is 2.48. The summed E-state index contributed by atoms with van der Waals surface area (Å²) in [6.45, 7) is -0.0961. The van der Waals surface area contributed by atoms with Gasteiger partial charge in [-0.1, -0.05) is 11.2 Å². The summed E-state index contributed by atoms with van der Waals surface area (Å²) in [6.07, 6.45) is 0.559. The molecule has 3 N–H and O–H groups in total. The minimum Gasteiger partial charge on any atom is -0.477 e. The van der Waals surface area contributed by atoms with Crippen molar-refractivity contribution in [3.63, 3.8) is 0 Å². The number of oxime groups is 1. The number of fused-ring (bicyclic) bond motifs is 1. The first-order valence-corrected chi connectivity index (χ1v) is 7.25. The highest BCUT2D eigenvalue weighted by Crippen LogP contribution is 2.39. The lowest BCUT2D eigenvalue weighted by molar-refractivity contribution is -0.147. The number of aliphatic carboxylic acids is 1. The van der Waals surface area contributed by atoms with E-state index in [2.05, 4.69) is 9.99 Å². The Labute approximate surface area is 128 Å². The van der Waals surface area contributed by atoms with Gasteiger partial charge in [0, 0.05) is 5.75 Å². The zero-order chi connectivity index (χ0) is 16.3. The molecule has 0 unspecified atom stereocenters. The fourth-order valence-corrected chi connectivity index (χ4v) is 3.30. The summed E-state index contributed by atoms with van der Waals surface area (Å²) in [5, 5.41) is 11.9. The molecule has 0 radical (unpaired) electrons. The molecule has 2 aliphatic heterocycles. The number of allylic oxidation sites excluding steroid dienone is 1. The van der Waals surface area contributed by atoms with Gasteiger partial charge in [-0.2, -0.15) is 0 Å². The molecule has 2 rings (SSSR count). The van der Waals surface area contributed by atoms with Gasteiger partial charge in [-0.3, -0.25) is 9.69 Å². The molecule has 0 aromatic carbocycles. The van der Waals surface area contributed by atoms with E-state index >= 15 is 0 Å². The Bertz CT molecular complexity index is 565. The SMILES string of the molecule is N[C@@H]1C(=O)N2C(C(=O)O)=C(/C=C\CON=CC(F)F)CS[C@H]12. The predicted octanol–water partition coefficient (Wildman–Crippen LogP) is 0.391. The summed E-state index contributed by atoms with van der Waals surface area (Å²) >= 11 is 1.36. The molecular weight excluding hydrogens is 320 g/mol. The first-order chi connectivity index (χ1) is 10.4. The first-order valence-electron chi connectivity index (χ1n) is 6.20. The molecule has 2 atom stereocenters. The van der Waals surface area contributed by atoms with Crippen molar-refractivity contribution in [3.8, 4) is 0 Å². The predicted molar refractivity (Wildman–Crippen MR) is 75.3 cm³/mol. The molecule has 0 spiro atoms. The molecule has 0 bridgehead atoms. The maximum Gasteiger partial charge on any atom is 0.352 e. The summed E-state index contributed by atoms with van der Waals surface area (Å²) in [5.74, 6) is -1.28.